The van der Waals surface area contributed by atoms with E-state index in [0.717, 1.165) is 33.9 Å². The number of hydrogen-bond donors (Lipinski definition) is 3. The Labute approximate surface area is 155 Å². The molecular formula is C20H20N4OS. The van der Waals surface area contributed by atoms with Crippen LogP contribution in [0.2, 0.25) is 0 Å². The fourth-order valence-corrected chi connectivity index (χ4v) is 4.93. The van der Waals surface area contributed by atoms with Crippen LogP contribution in [0.25, 0.3) is 10.2 Å². The van der Waals surface area contributed by atoms with Gasteiger partial charge in [-0.1, -0.05) is 29.5 Å². The summed E-state index contributed by atoms with van der Waals surface area (Å²) < 4.78 is 1.02. The lowest BCUT2D eigenvalue weighted by Crippen LogP contribution is -2.42. The lowest BCUT2D eigenvalue weighted by atomic mass is 9.95. The van der Waals surface area contributed by atoms with E-state index in [0.29, 0.717) is 17.6 Å². The first-order chi connectivity index (χ1) is 12.7. The molecule has 3 heterocycles. The van der Waals surface area contributed by atoms with Crippen molar-refractivity contribution in [3.8, 4) is 0 Å². The lowest BCUT2D eigenvalue weighted by Gasteiger charge is -2.21. The third kappa shape index (κ3) is 2.95. The highest BCUT2D eigenvalue weighted by Crippen LogP contribution is 2.30. The smallest absolute Gasteiger partial charge is 0.251 e. The summed E-state index contributed by atoms with van der Waals surface area (Å²) in [4.78, 5) is 17.3. The van der Waals surface area contributed by atoms with Crippen LogP contribution in [-0.2, 0) is 0 Å². The number of carbonyl (C=O) groups is 1. The molecule has 6 heteroatoms. The monoisotopic (exact) mass is 364 g/mol. The Balaban J connectivity index is 1.33. The Morgan fingerprint density at radius 2 is 2.04 bits per heavy atom. The van der Waals surface area contributed by atoms with E-state index in [1.165, 1.54) is 6.42 Å². The summed E-state index contributed by atoms with van der Waals surface area (Å²) in [6.45, 7) is 0. The van der Waals surface area contributed by atoms with E-state index in [4.69, 9.17) is 0 Å². The molecule has 0 radical (unpaired) electrons. The second-order valence-corrected chi connectivity index (χ2v) is 8.09. The molecule has 2 fully saturated rings. The van der Waals surface area contributed by atoms with Crippen LogP contribution in [0.5, 0.6) is 0 Å². The van der Waals surface area contributed by atoms with Crippen molar-refractivity contribution < 1.29 is 4.79 Å². The van der Waals surface area contributed by atoms with Crippen LogP contribution in [0.4, 0.5) is 10.8 Å². The summed E-state index contributed by atoms with van der Waals surface area (Å²) in [6.07, 6.45) is 3.45. The number of nitrogens with zero attached hydrogens (tertiary/aromatic N) is 1. The van der Waals surface area contributed by atoms with Gasteiger partial charge in [0.15, 0.2) is 5.13 Å². The zero-order valence-corrected chi connectivity index (χ0v) is 15.1. The first-order valence-electron chi connectivity index (χ1n) is 9.04. The quantitative estimate of drug-likeness (QED) is 0.661. The molecule has 26 heavy (non-hydrogen) atoms. The van der Waals surface area contributed by atoms with Crippen molar-refractivity contribution in [3.05, 3.63) is 54.1 Å². The molecular weight excluding hydrogens is 344 g/mol. The number of rotatable bonds is 4. The van der Waals surface area contributed by atoms with Gasteiger partial charge in [-0.3, -0.25) is 4.79 Å². The number of carbonyl (C=O) groups excluding carboxylic acids is 1. The van der Waals surface area contributed by atoms with E-state index in [1.807, 2.05) is 48.5 Å². The Bertz CT molecular complexity index is 955. The van der Waals surface area contributed by atoms with Gasteiger partial charge in [0, 0.05) is 29.4 Å². The average Bonchev–Trinajstić information content (AvgIpc) is 3.36. The van der Waals surface area contributed by atoms with Crippen molar-refractivity contribution in [2.45, 2.75) is 37.4 Å². The number of fused-ring (bicyclic) bond motifs is 3. The second kappa shape index (κ2) is 6.37. The van der Waals surface area contributed by atoms with Crippen LogP contribution in [0, 0.1) is 0 Å². The van der Waals surface area contributed by atoms with Crippen molar-refractivity contribution in [1.82, 2.24) is 15.6 Å². The van der Waals surface area contributed by atoms with Gasteiger partial charge in [0.25, 0.3) is 5.91 Å². The maximum Gasteiger partial charge on any atom is 0.251 e. The molecule has 0 saturated carbocycles. The van der Waals surface area contributed by atoms with E-state index in [-0.39, 0.29) is 11.9 Å². The molecule has 1 aromatic heterocycles. The summed E-state index contributed by atoms with van der Waals surface area (Å²) in [5.74, 6) is 0.0113. The van der Waals surface area contributed by atoms with Gasteiger partial charge in [0.2, 0.25) is 0 Å². The molecule has 1 amide bonds. The molecule has 2 bridgehead atoms. The molecule has 0 aliphatic carbocycles. The molecule has 0 unspecified atom stereocenters. The Hall–Kier alpha value is -2.44. The van der Waals surface area contributed by atoms with Gasteiger partial charge >= 0.3 is 0 Å². The third-order valence-electron chi connectivity index (χ3n) is 5.29. The highest BCUT2D eigenvalue weighted by molar-refractivity contribution is 7.22. The van der Waals surface area contributed by atoms with Crippen LogP contribution >= 0.6 is 11.3 Å². The summed E-state index contributed by atoms with van der Waals surface area (Å²) >= 11 is 1.56. The van der Waals surface area contributed by atoms with Crippen molar-refractivity contribution in [2.75, 3.05) is 5.32 Å². The Morgan fingerprint density at radius 3 is 2.81 bits per heavy atom. The van der Waals surface area contributed by atoms with Gasteiger partial charge in [-0.2, -0.15) is 0 Å². The Morgan fingerprint density at radius 1 is 1.15 bits per heavy atom. The van der Waals surface area contributed by atoms with Crippen LogP contribution in [0.15, 0.2) is 48.5 Å². The van der Waals surface area contributed by atoms with Crippen LogP contribution in [-0.4, -0.2) is 29.0 Å². The van der Waals surface area contributed by atoms with Gasteiger partial charge < -0.3 is 16.0 Å². The van der Waals surface area contributed by atoms with Crippen LogP contribution in [0.1, 0.15) is 29.6 Å². The van der Waals surface area contributed by atoms with E-state index in [1.54, 1.807) is 11.3 Å². The van der Waals surface area contributed by atoms with Crippen molar-refractivity contribution in [2.24, 2.45) is 0 Å². The van der Waals surface area contributed by atoms with Gasteiger partial charge in [-0.05, 0) is 49.6 Å². The number of aromatic nitrogens is 1. The van der Waals surface area contributed by atoms with Gasteiger partial charge in [-0.15, -0.1) is 0 Å². The van der Waals surface area contributed by atoms with Gasteiger partial charge in [0.1, 0.15) is 0 Å². The summed E-state index contributed by atoms with van der Waals surface area (Å²) in [5, 5.41) is 10.9. The number of para-hydroxylation sites is 1. The third-order valence-corrected chi connectivity index (χ3v) is 6.23. The number of nitrogens with one attached hydrogen (secondary N) is 3. The fraction of sp³-hybridized carbons (Fsp3) is 0.300. The van der Waals surface area contributed by atoms with Crippen molar-refractivity contribution >= 4 is 38.3 Å². The highest BCUT2D eigenvalue weighted by atomic mass is 32.1. The topological polar surface area (TPSA) is 66.0 Å². The highest BCUT2D eigenvalue weighted by Gasteiger charge is 2.39. The number of thiazole rings is 1. The maximum atomic E-state index is 12.6. The molecule has 3 N–H and O–H groups in total. The largest absolute Gasteiger partial charge is 0.348 e. The molecule has 3 aromatic rings. The lowest BCUT2D eigenvalue weighted by molar-refractivity contribution is 0.0931. The fourth-order valence-electron chi connectivity index (χ4n) is 4.00. The van der Waals surface area contributed by atoms with E-state index in [2.05, 4.69) is 20.9 Å². The molecule has 2 aromatic carbocycles. The molecule has 2 saturated heterocycles. The van der Waals surface area contributed by atoms with Crippen molar-refractivity contribution in [1.29, 1.82) is 0 Å². The van der Waals surface area contributed by atoms with Gasteiger partial charge in [-0.25, -0.2) is 4.98 Å². The molecule has 2 aliphatic heterocycles. The van der Waals surface area contributed by atoms with Crippen LogP contribution in [0.3, 0.4) is 0 Å². The molecule has 5 nitrogen and oxygen atoms in total. The zero-order valence-electron chi connectivity index (χ0n) is 14.2. The van der Waals surface area contributed by atoms with E-state index in [9.17, 15) is 4.79 Å². The van der Waals surface area contributed by atoms with Gasteiger partial charge in [0.05, 0.1) is 10.2 Å². The second-order valence-electron chi connectivity index (χ2n) is 7.06. The average molecular weight is 364 g/mol. The minimum Gasteiger partial charge on any atom is -0.348 e. The predicted octanol–water partition coefficient (Wildman–Crippen LogP) is 3.66. The van der Waals surface area contributed by atoms with Crippen LogP contribution < -0.4 is 16.0 Å². The van der Waals surface area contributed by atoms with E-state index < -0.39 is 0 Å². The molecule has 5 rings (SSSR count). The summed E-state index contributed by atoms with van der Waals surface area (Å²) in [5.41, 5.74) is 2.62. The number of anilines is 2. The van der Waals surface area contributed by atoms with Crippen molar-refractivity contribution in [3.63, 3.8) is 0 Å². The molecule has 132 valence electrons. The Kier molecular flexibility index (Phi) is 3.87. The molecule has 2 aliphatic rings. The minimum atomic E-state index is 0.0113. The SMILES string of the molecule is O=C(N[C@@H]1C[C@H]2CC[C@@H]1N2)c1ccc2nc(Nc3ccccc3)sc2c1. The first-order valence-corrected chi connectivity index (χ1v) is 9.86. The summed E-state index contributed by atoms with van der Waals surface area (Å²) in [6, 6.07) is 17.0. The van der Waals surface area contributed by atoms with E-state index >= 15 is 0 Å². The minimum absolute atomic E-state index is 0.0113. The molecule has 3 atom stereocenters. The standard InChI is InChI=1S/C20H20N4OS/c25-19(23-17-11-14-7-9-15(17)21-14)12-6-8-16-18(10-12)26-20(24-16)22-13-4-2-1-3-5-13/h1-6,8,10,14-15,17,21H,7,9,11H2,(H,22,24)(H,23,25)/t14-,15+,17-/m1/s1. The summed E-state index contributed by atoms with van der Waals surface area (Å²) in [7, 11) is 0. The molecule has 0 spiro atoms. The maximum absolute atomic E-state index is 12.6. The zero-order chi connectivity index (χ0) is 17.5. The predicted molar refractivity (Wildman–Crippen MR) is 105 cm³/mol. The number of benzene rings is 2. The number of amides is 1. The number of hydrogen-bond acceptors (Lipinski definition) is 5. The normalized spacial score (nSPS) is 24.1. The first kappa shape index (κ1) is 15.8.